The number of imide groups is 1. The van der Waals surface area contributed by atoms with Gasteiger partial charge >= 0.3 is 5.97 Å². The van der Waals surface area contributed by atoms with Gasteiger partial charge in [-0.3, -0.25) is 19.2 Å². The van der Waals surface area contributed by atoms with Crippen molar-refractivity contribution in [2.24, 2.45) is 5.92 Å². The number of ether oxygens (including phenoxy) is 2. The second kappa shape index (κ2) is 10.9. The van der Waals surface area contributed by atoms with Crippen LogP contribution in [0.2, 0.25) is 20.1 Å². The van der Waals surface area contributed by atoms with Crippen molar-refractivity contribution in [1.82, 2.24) is 0 Å². The van der Waals surface area contributed by atoms with Crippen LogP contribution >= 0.6 is 46.4 Å². The van der Waals surface area contributed by atoms with Crippen LogP contribution in [-0.2, 0) is 9.59 Å². The summed E-state index contributed by atoms with van der Waals surface area (Å²) in [6.07, 6.45) is 0.00475. The Kier molecular flexibility index (Phi) is 7.72. The van der Waals surface area contributed by atoms with Crippen LogP contribution in [0.15, 0.2) is 42.5 Å². The first kappa shape index (κ1) is 28.2. The molecule has 0 bridgehead atoms. The van der Waals surface area contributed by atoms with Crippen molar-refractivity contribution in [2.75, 3.05) is 23.0 Å². The lowest BCUT2D eigenvalue weighted by Crippen LogP contribution is -2.30. The Labute approximate surface area is 249 Å². The third-order valence-electron chi connectivity index (χ3n) is 6.65. The molecule has 8 nitrogen and oxygen atoms in total. The van der Waals surface area contributed by atoms with Gasteiger partial charge in [-0.05, 0) is 61.9 Å². The standard InChI is InChI=1S/C28H20Cl4N2O6/c1-3-39-16-6-4-15(5-7-16)33-12-14(11-19(33)35)28(38)40-17-8-9-18(13(2)10-17)34-26(36)20-21(27(34)37)23(30)25(32)24(31)22(20)29/h4-10,14H,3,11-12H2,1-2H3/t14-/m0/s1. The fourth-order valence-corrected chi connectivity index (χ4v) is 5.73. The molecule has 1 saturated heterocycles. The number of fused-ring (bicyclic) bond motifs is 1. The quantitative estimate of drug-likeness (QED) is 0.0992. The average Bonchev–Trinajstić information content (AvgIpc) is 3.44. The smallest absolute Gasteiger partial charge is 0.316 e. The zero-order valence-electron chi connectivity index (χ0n) is 21.1. The van der Waals surface area contributed by atoms with Crippen molar-refractivity contribution in [3.05, 3.63) is 79.2 Å². The van der Waals surface area contributed by atoms with E-state index in [1.54, 1.807) is 31.2 Å². The summed E-state index contributed by atoms with van der Waals surface area (Å²) in [4.78, 5) is 54.4. The fraction of sp³-hybridized carbons (Fsp3) is 0.214. The van der Waals surface area contributed by atoms with E-state index in [-0.39, 0.29) is 61.5 Å². The largest absolute Gasteiger partial charge is 0.494 e. The summed E-state index contributed by atoms with van der Waals surface area (Å²) in [6, 6.07) is 11.5. The Bertz CT molecular complexity index is 1540. The monoisotopic (exact) mass is 620 g/mol. The van der Waals surface area contributed by atoms with E-state index in [0.29, 0.717) is 23.6 Å². The number of benzene rings is 3. The van der Waals surface area contributed by atoms with E-state index >= 15 is 0 Å². The summed E-state index contributed by atoms with van der Waals surface area (Å²) in [7, 11) is 0. The Hall–Kier alpha value is -3.30. The average molecular weight is 622 g/mol. The van der Waals surface area contributed by atoms with Crippen molar-refractivity contribution in [2.45, 2.75) is 20.3 Å². The molecule has 0 radical (unpaired) electrons. The molecule has 2 aliphatic heterocycles. The van der Waals surface area contributed by atoms with Crippen molar-refractivity contribution in [3.63, 3.8) is 0 Å². The number of hydrogen-bond donors (Lipinski definition) is 0. The van der Waals surface area contributed by atoms with E-state index in [1.165, 1.54) is 23.1 Å². The number of aryl methyl sites for hydroxylation is 1. The van der Waals surface area contributed by atoms with Gasteiger partial charge < -0.3 is 14.4 Å². The molecule has 0 aromatic heterocycles. The van der Waals surface area contributed by atoms with Crippen LogP contribution in [0.5, 0.6) is 11.5 Å². The van der Waals surface area contributed by atoms with Gasteiger partial charge in [0.1, 0.15) is 11.5 Å². The minimum absolute atomic E-state index is 0.00475. The van der Waals surface area contributed by atoms with Gasteiger partial charge in [-0.2, -0.15) is 0 Å². The van der Waals surface area contributed by atoms with Crippen molar-refractivity contribution >= 4 is 81.5 Å². The Balaban J connectivity index is 1.31. The lowest BCUT2D eigenvalue weighted by Gasteiger charge is -2.18. The third-order valence-corrected chi connectivity index (χ3v) is 8.45. The zero-order valence-corrected chi connectivity index (χ0v) is 24.1. The summed E-state index contributed by atoms with van der Waals surface area (Å²) >= 11 is 24.6. The van der Waals surface area contributed by atoms with Gasteiger partial charge in [-0.1, -0.05) is 46.4 Å². The van der Waals surface area contributed by atoms with Crippen LogP contribution in [0.3, 0.4) is 0 Å². The lowest BCUT2D eigenvalue weighted by molar-refractivity contribution is -0.139. The maximum Gasteiger partial charge on any atom is 0.316 e. The molecule has 3 aromatic carbocycles. The van der Waals surface area contributed by atoms with Gasteiger partial charge in [0.15, 0.2) is 0 Å². The van der Waals surface area contributed by atoms with E-state index in [4.69, 9.17) is 55.9 Å². The molecule has 3 amide bonds. The molecule has 1 atom stereocenters. The van der Waals surface area contributed by atoms with Gasteiger partial charge in [0.05, 0.1) is 49.4 Å². The Morgan fingerprint density at radius 1 is 0.875 bits per heavy atom. The molecule has 12 heteroatoms. The minimum atomic E-state index is -0.711. The molecular formula is C28H20Cl4N2O6. The van der Waals surface area contributed by atoms with E-state index in [2.05, 4.69) is 0 Å². The molecular weight excluding hydrogens is 602 g/mol. The van der Waals surface area contributed by atoms with Crippen molar-refractivity contribution in [3.8, 4) is 11.5 Å². The first-order valence-corrected chi connectivity index (χ1v) is 13.6. The van der Waals surface area contributed by atoms with Gasteiger partial charge in [-0.15, -0.1) is 0 Å². The Morgan fingerprint density at radius 2 is 1.45 bits per heavy atom. The predicted molar refractivity (Wildman–Crippen MR) is 153 cm³/mol. The molecule has 0 spiro atoms. The number of esters is 1. The second-order valence-electron chi connectivity index (χ2n) is 9.15. The predicted octanol–water partition coefficient (Wildman–Crippen LogP) is 6.77. The highest BCUT2D eigenvalue weighted by Gasteiger charge is 2.43. The minimum Gasteiger partial charge on any atom is -0.494 e. The third kappa shape index (κ3) is 4.79. The molecule has 1 fully saturated rings. The normalized spacial score (nSPS) is 16.6. The first-order valence-electron chi connectivity index (χ1n) is 12.1. The van der Waals surface area contributed by atoms with Crippen LogP contribution in [0.25, 0.3) is 0 Å². The van der Waals surface area contributed by atoms with E-state index in [0.717, 1.165) is 4.90 Å². The highest BCUT2D eigenvalue weighted by Crippen LogP contribution is 2.46. The van der Waals surface area contributed by atoms with Crippen LogP contribution in [0.1, 0.15) is 39.6 Å². The number of halogens is 4. The second-order valence-corrected chi connectivity index (χ2v) is 10.7. The van der Waals surface area contributed by atoms with Gasteiger partial charge in [0.25, 0.3) is 11.8 Å². The zero-order chi connectivity index (χ0) is 28.9. The molecule has 0 unspecified atom stereocenters. The van der Waals surface area contributed by atoms with Crippen LogP contribution in [0.4, 0.5) is 11.4 Å². The van der Waals surface area contributed by atoms with E-state index in [9.17, 15) is 19.2 Å². The maximum absolute atomic E-state index is 13.2. The molecule has 3 aromatic rings. The molecule has 0 saturated carbocycles. The first-order chi connectivity index (χ1) is 19.0. The van der Waals surface area contributed by atoms with E-state index < -0.39 is 23.7 Å². The topological polar surface area (TPSA) is 93.2 Å². The van der Waals surface area contributed by atoms with Crippen LogP contribution < -0.4 is 19.3 Å². The van der Waals surface area contributed by atoms with Crippen molar-refractivity contribution in [1.29, 1.82) is 0 Å². The Morgan fingerprint density at radius 3 is 2.00 bits per heavy atom. The van der Waals surface area contributed by atoms with Gasteiger partial charge in [-0.25, -0.2) is 4.90 Å². The summed E-state index contributed by atoms with van der Waals surface area (Å²) in [5, 5.41) is -0.581. The lowest BCUT2D eigenvalue weighted by atomic mass is 10.1. The molecule has 0 aliphatic carbocycles. The number of hydrogen-bond acceptors (Lipinski definition) is 6. The summed E-state index contributed by atoms with van der Waals surface area (Å²) in [5.74, 6) is -1.98. The molecule has 2 aliphatic rings. The summed E-state index contributed by atoms with van der Waals surface area (Å²) in [5.41, 5.74) is 1.09. The van der Waals surface area contributed by atoms with E-state index in [1.807, 2.05) is 6.92 Å². The number of rotatable bonds is 6. The van der Waals surface area contributed by atoms with Crippen molar-refractivity contribution < 1.29 is 28.7 Å². The number of carbonyl (C=O) groups is 4. The highest BCUT2D eigenvalue weighted by atomic mass is 35.5. The fourth-order valence-electron chi connectivity index (χ4n) is 4.71. The molecule has 5 rings (SSSR count). The van der Waals surface area contributed by atoms with Gasteiger partial charge in [0, 0.05) is 18.7 Å². The molecule has 40 heavy (non-hydrogen) atoms. The highest BCUT2D eigenvalue weighted by molar-refractivity contribution is 6.56. The summed E-state index contributed by atoms with van der Waals surface area (Å²) < 4.78 is 11.0. The number of amides is 3. The molecule has 206 valence electrons. The van der Waals surface area contributed by atoms with Crippen LogP contribution in [0, 0.1) is 12.8 Å². The number of nitrogens with zero attached hydrogens (tertiary/aromatic N) is 2. The number of anilines is 2. The molecule has 2 heterocycles. The number of carbonyl (C=O) groups excluding carboxylic acids is 4. The maximum atomic E-state index is 13.2. The van der Waals surface area contributed by atoms with Crippen LogP contribution in [-0.4, -0.2) is 36.8 Å². The van der Waals surface area contributed by atoms with Gasteiger partial charge in [0.2, 0.25) is 5.91 Å². The summed E-state index contributed by atoms with van der Waals surface area (Å²) in [6.45, 7) is 4.23. The molecule has 0 N–H and O–H groups in total. The SMILES string of the molecule is CCOc1ccc(N2C[C@@H](C(=O)Oc3ccc(N4C(=O)c5c(Cl)c(Cl)c(Cl)c(Cl)c5C4=O)c(C)c3)CC2=O)cc1.